The summed E-state index contributed by atoms with van der Waals surface area (Å²) in [4.78, 5) is 57.6. The van der Waals surface area contributed by atoms with Gasteiger partial charge in [0.2, 0.25) is 0 Å². The lowest BCUT2D eigenvalue weighted by atomic mass is 10.1. The average Bonchev–Trinajstić information content (AvgIpc) is 3.08. The molecule has 52 heavy (non-hydrogen) atoms. The highest BCUT2D eigenvalue weighted by atomic mass is 35.5. The Morgan fingerprint density at radius 1 is 0.712 bits per heavy atom. The Labute approximate surface area is 313 Å². The summed E-state index contributed by atoms with van der Waals surface area (Å²) in [6, 6.07) is 17.3. The quantitative estimate of drug-likeness (QED) is 0.130. The van der Waals surface area contributed by atoms with Crippen molar-refractivity contribution in [3.63, 3.8) is 0 Å². The van der Waals surface area contributed by atoms with Gasteiger partial charge in [-0.3, -0.25) is 24.0 Å². The largest absolute Gasteiger partial charge is 0.493 e. The molecular formula is C36H37Cl3N4O9. The first-order valence-electron chi connectivity index (χ1n) is 15.2. The van der Waals surface area contributed by atoms with Crippen LogP contribution in [0, 0.1) is 13.8 Å². The number of carbonyl (C=O) groups is 2. The predicted octanol–water partition coefficient (Wildman–Crippen LogP) is 5.94. The monoisotopic (exact) mass is 774 g/mol. The highest BCUT2D eigenvalue weighted by Crippen LogP contribution is 2.35. The molecule has 4 N–H and O–H groups in total. The number of nitrogens with zero attached hydrogens (tertiary/aromatic N) is 2. The number of pyridine rings is 2. The Balaban J connectivity index is 0.000000257. The Morgan fingerprint density at radius 3 is 1.46 bits per heavy atom. The SMILES string of the molecule is CON.CONC(=O)Cn1c2cc(C)ccc2c(=O)c2ccc(Cl)c(OC)c21.COc1c(Cl)ccc2c(=O)c3ccc(C)cc3n(CC(=O)O)c12.Cl. The fraction of sp³-hybridized carbons (Fsp3) is 0.222. The highest BCUT2D eigenvalue weighted by molar-refractivity contribution is 6.33. The van der Waals surface area contributed by atoms with Crippen LogP contribution in [0.1, 0.15) is 11.1 Å². The molecule has 0 fully saturated rings. The lowest BCUT2D eigenvalue weighted by molar-refractivity contribution is -0.137. The van der Waals surface area contributed by atoms with Gasteiger partial charge in [0.15, 0.2) is 22.4 Å². The Bertz CT molecular complexity index is 2410. The van der Waals surface area contributed by atoms with E-state index in [1.807, 2.05) is 32.0 Å². The number of ether oxygens (including phenoxy) is 2. The number of nitrogens with one attached hydrogen (secondary N) is 1. The third-order valence-corrected chi connectivity index (χ3v) is 8.39. The Morgan fingerprint density at radius 2 is 1.10 bits per heavy atom. The van der Waals surface area contributed by atoms with E-state index in [1.165, 1.54) is 28.4 Å². The van der Waals surface area contributed by atoms with Gasteiger partial charge in [0, 0.05) is 10.8 Å². The summed E-state index contributed by atoms with van der Waals surface area (Å²) in [5.74, 6) is 3.62. The number of carbonyl (C=O) groups excluding carboxylic acids is 1. The topological polar surface area (TPSA) is 173 Å². The number of aryl methyl sites for hydroxylation is 2. The number of methoxy groups -OCH3 is 2. The number of carboxylic acids is 1. The second-order valence-corrected chi connectivity index (χ2v) is 12.0. The van der Waals surface area contributed by atoms with Crippen LogP contribution in [0.5, 0.6) is 11.5 Å². The summed E-state index contributed by atoms with van der Waals surface area (Å²) >= 11 is 12.4. The van der Waals surface area contributed by atoms with E-state index in [0.29, 0.717) is 65.2 Å². The van der Waals surface area contributed by atoms with Gasteiger partial charge in [0.25, 0.3) is 5.91 Å². The molecule has 276 valence electrons. The molecule has 13 nitrogen and oxygen atoms in total. The predicted molar refractivity (Wildman–Crippen MR) is 205 cm³/mol. The van der Waals surface area contributed by atoms with Gasteiger partial charge >= 0.3 is 5.97 Å². The summed E-state index contributed by atoms with van der Waals surface area (Å²) in [5, 5.41) is 11.8. The van der Waals surface area contributed by atoms with Crippen LogP contribution in [0.3, 0.4) is 0 Å². The molecule has 0 aliphatic rings. The van der Waals surface area contributed by atoms with E-state index in [0.717, 1.165) is 11.1 Å². The number of carboxylic acid groups (broad SMARTS) is 1. The number of hydrogen-bond acceptors (Lipinski definition) is 9. The summed E-state index contributed by atoms with van der Waals surface area (Å²) in [6.07, 6.45) is 0. The molecule has 6 aromatic rings. The van der Waals surface area contributed by atoms with Crippen LogP contribution in [0.15, 0.2) is 70.3 Å². The molecule has 0 spiro atoms. The molecule has 1 amide bonds. The van der Waals surface area contributed by atoms with Crippen LogP contribution in [0.2, 0.25) is 10.0 Å². The van der Waals surface area contributed by atoms with E-state index in [4.69, 9.17) is 37.5 Å². The molecule has 0 atom stereocenters. The third kappa shape index (κ3) is 8.42. The summed E-state index contributed by atoms with van der Waals surface area (Å²) in [5.41, 5.74) is 5.92. The molecule has 16 heteroatoms. The van der Waals surface area contributed by atoms with Gasteiger partial charge < -0.3 is 28.6 Å². The van der Waals surface area contributed by atoms with E-state index >= 15 is 0 Å². The number of benzene rings is 4. The van der Waals surface area contributed by atoms with Crippen LogP contribution in [0.4, 0.5) is 0 Å². The standard InChI is InChI=1S/C18H17ClN2O4.C17H14ClNO4.CH5NO.ClH/c1-10-4-5-11-14(8-10)21(9-15(22)20-25-3)16-12(17(11)23)6-7-13(19)18(16)24-2;1-9-3-4-10-13(7-9)19(8-14(20)21)15-11(16(10)22)5-6-12(18)17(15)23-2;1-3-2;/h4-8H,9H2,1-3H3,(H,20,22);3-7H,8H2,1-2H3,(H,20,21);2H2,1H3;1H. The van der Waals surface area contributed by atoms with E-state index in [9.17, 15) is 24.3 Å². The second kappa shape index (κ2) is 18.0. The van der Waals surface area contributed by atoms with Crippen molar-refractivity contribution in [2.75, 3.05) is 28.4 Å². The molecule has 2 aromatic heterocycles. The van der Waals surface area contributed by atoms with Crippen LogP contribution in [-0.2, 0) is 32.4 Å². The van der Waals surface area contributed by atoms with Crippen molar-refractivity contribution in [3.05, 3.63) is 102 Å². The van der Waals surface area contributed by atoms with E-state index in [-0.39, 0.29) is 42.3 Å². The minimum Gasteiger partial charge on any atom is -0.493 e. The maximum atomic E-state index is 12.9. The van der Waals surface area contributed by atoms with Gasteiger partial charge in [0.05, 0.1) is 71.3 Å². The van der Waals surface area contributed by atoms with Gasteiger partial charge in [0.1, 0.15) is 13.1 Å². The van der Waals surface area contributed by atoms with Gasteiger partial charge in [-0.25, -0.2) is 11.4 Å². The molecule has 0 aliphatic heterocycles. The summed E-state index contributed by atoms with van der Waals surface area (Å²) in [6.45, 7) is 3.45. The van der Waals surface area contributed by atoms with Crippen molar-refractivity contribution < 1.29 is 33.8 Å². The Kier molecular flexibility index (Phi) is 14.4. The van der Waals surface area contributed by atoms with Crippen LogP contribution < -0.4 is 31.7 Å². The molecule has 0 saturated heterocycles. The maximum absolute atomic E-state index is 12.9. The minimum absolute atomic E-state index is 0. The fourth-order valence-corrected chi connectivity index (χ4v) is 6.24. The Hall–Kier alpha value is -4.89. The van der Waals surface area contributed by atoms with E-state index in [1.54, 1.807) is 51.6 Å². The molecule has 6 rings (SSSR count). The van der Waals surface area contributed by atoms with Gasteiger partial charge in [-0.05, 0) is 73.5 Å². The number of aromatic nitrogens is 2. The summed E-state index contributed by atoms with van der Waals surface area (Å²) in [7, 11) is 5.68. The molecule has 4 aromatic carbocycles. The fourth-order valence-electron chi connectivity index (χ4n) is 5.78. The minimum atomic E-state index is -1.01. The number of hydroxylamine groups is 1. The molecule has 0 aliphatic carbocycles. The van der Waals surface area contributed by atoms with Crippen LogP contribution in [0.25, 0.3) is 43.6 Å². The van der Waals surface area contributed by atoms with Crippen molar-refractivity contribution >= 4 is 91.1 Å². The molecule has 0 bridgehead atoms. The number of amides is 1. The number of aliphatic carboxylic acids is 1. The van der Waals surface area contributed by atoms with Crippen molar-refractivity contribution in [1.82, 2.24) is 14.6 Å². The van der Waals surface area contributed by atoms with Crippen molar-refractivity contribution in [2.24, 2.45) is 5.90 Å². The number of fused-ring (bicyclic) bond motifs is 4. The molecule has 0 unspecified atom stereocenters. The number of rotatable bonds is 7. The van der Waals surface area contributed by atoms with Crippen molar-refractivity contribution in [3.8, 4) is 11.5 Å². The average molecular weight is 776 g/mol. The molecular weight excluding hydrogens is 739 g/mol. The maximum Gasteiger partial charge on any atom is 0.323 e. The molecule has 0 saturated carbocycles. The van der Waals surface area contributed by atoms with Crippen molar-refractivity contribution in [2.45, 2.75) is 26.9 Å². The zero-order valence-corrected chi connectivity index (χ0v) is 31.4. The normalized spacial score (nSPS) is 10.6. The second-order valence-electron chi connectivity index (χ2n) is 11.2. The highest BCUT2D eigenvalue weighted by Gasteiger charge is 2.20. The number of hydrogen-bond donors (Lipinski definition) is 3. The van der Waals surface area contributed by atoms with Gasteiger partial charge in [-0.2, -0.15) is 0 Å². The van der Waals surface area contributed by atoms with Crippen LogP contribution in [-0.4, -0.2) is 54.6 Å². The van der Waals surface area contributed by atoms with Crippen molar-refractivity contribution in [1.29, 1.82) is 0 Å². The number of halogens is 3. The summed E-state index contributed by atoms with van der Waals surface area (Å²) < 4.78 is 14.0. The lowest BCUT2D eigenvalue weighted by Gasteiger charge is -2.18. The van der Waals surface area contributed by atoms with Gasteiger partial charge in [-0.15, -0.1) is 12.4 Å². The lowest BCUT2D eigenvalue weighted by Crippen LogP contribution is -2.27. The van der Waals surface area contributed by atoms with E-state index < -0.39 is 5.97 Å². The first-order valence-corrected chi connectivity index (χ1v) is 15.9. The molecule has 2 heterocycles. The smallest absolute Gasteiger partial charge is 0.323 e. The molecule has 0 radical (unpaired) electrons. The zero-order valence-electron chi connectivity index (χ0n) is 29.0. The van der Waals surface area contributed by atoms with Gasteiger partial charge in [-0.1, -0.05) is 35.3 Å². The number of nitrogens with two attached hydrogens (primary N) is 1. The third-order valence-electron chi connectivity index (χ3n) is 7.79. The first-order chi connectivity index (χ1) is 24.3. The van der Waals surface area contributed by atoms with Crippen LogP contribution >= 0.6 is 35.6 Å². The van der Waals surface area contributed by atoms with E-state index in [2.05, 4.69) is 16.2 Å². The first kappa shape index (κ1) is 41.5. The zero-order chi connectivity index (χ0) is 37.6.